The fraction of sp³-hybridized carbons (Fsp3) is 0.286. The molecular weight excluding hydrogens is 340 g/mol. The van der Waals surface area contributed by atoms with Gasteiger partial charge in [0.2, 0.25) is 5.95 Å². The van der Waals surface area contributed by atoms with Crippen molar-refractivity contribution in [2.45, 2.75) is 13.0 Å². The molecule has 20 heavy (non-hydrogen) atoms. The fourth-order valence-corrected chi connectivity index (χ4v) is 2.57. The highest BCUT2D eigenvalue weighted by molar-refractivity contribution is 9.10. The Kier molecular flexibility index (Phi) is 4.83. The topological polar surface area (TPSA) is 41.1 Å². The number of hydrogen-bond acceptors (Lipinski definition) is 4. The number of nitrogens with zero attached hydrogens (tertiary/aromatic N) is 3. The summed E-state index contributed by atoms with van der Waals surface area (Å²) in [5.74, 6) is 1.42. The molecule has 1 atom stereocenters. The molecule has 1 heterocycles. The molecule has 1 aromatic carbocycles. The van der Waals surface area contributed by atoms with Crippen molar-refractivity contribution in [2.24, 2.45) is 0 Å². The van der Waals surface area contributed by atoms with Gasteiger partial charge in [0.15, 0.2) is 0 Å². The van der Waals surface area contributed by atoms with Gasteiger partial charge in [0, 0.05) is 25.3 Å². The van der Waals surface area contributed by atoms with Gasteiger partial charge < -0.3 is 10.2 Å². The van der Waals surface area contributed by atoms with Crippen molar-refractivity contribution in [2.75, 3.05) is 24.3 Å². The van der Waals surface area contributed by atoms with Gasteiger partial charge in [0.25, 0.3) is 0 Å². The first-order valence-electron chi connectivity index (χ1n) is 6.21. The molecule has 0 fully saturated rings. The molecule has 4 nitrogen and oxygen atoms in total. The van der Waals surface area contributed by atoms with Crippen LogP contribution in [0.4, 0.5) is 11.8 Å². The van der Waals surface area contributed by atoms with Crippen LogP contribution in [0.5, 0.6) is 0 Å². The number of benzene rings is 1. The van der Waals surface area contributed by atoms with Crippen molar-refractivity contribution >= 4 is 39.3 Å². The summed E-state index contributed by atoms with van der Waals surface area (Å²) in [5, 5.41) is 3.68. The van der Waals surface area contributed by atoms with Crippen LogP contribution in [0, 0.1) is 0 Å². The van der Waals surface area contributed by atoms with Gasteiger partial charge in [0.1, 0.15) is 5.82 Å². The van der Waals surface area contributed by atoms with E-state index in [9.17, 15) is 0 Å². The average Bonchev–Trinajstić information content (AvgIpc) is 2.46. The molecule has 106 valence electrons. The molecule has 6 heteroatoms. The third-order valence-electron chi connectivity index (χ3n) is 3.20. The minimum Gasteiger partial charge on any atom is -0.357 e. The van der Waals surface area contributed by atoms with Crippen LogP contribution in [0.2, 0.25) is 5.02 Å². The van der Waals surface area contributed by atoms with Gasteiger partial charge in [-0.2, -0.15) is 4.98 Å². The summed E-state index contributed by atoms with van der Waals surface area (Å²) in [6.07, 6.45) is 1.75. The minimum atomic E-state index is 0.143. The molecule has 1 unspecified atom stereocenters. The predicted molar refractivity (Wildman–Crippen MR) is 87.5 cm³/mol. The summed E-state index contributed by atoms with van der Waals surface area (Å²) < 4.78 is 0.855. The number of hydrogen-bond donors (Lipinski definition) is 1. The first kappa shape index (κ1) is 15.1. The van der Waals surface area contributed by atoms with E-state index in [4.69, 9.17) is 11.6 Å². The monoisotopic (exact) mass is 354 g/mol. The second-order valence-electron chi connectivity index (χ2n) is 4.46. The summed E-state index contributed by atoms with van der Waals surface area (Å²) >= 11 is 9.55. The number of rotatable bonds is 4. The lowest BCUT2D eigenvalue weighted by Crippen LogP contribution is -2.23. The van der Waals surface area contributed by atoms with Crippen molar-refractivity contribution < 1.29 is 0 Å². The smallest absolute Gasteiger partial charge is 0.224 e. The maximum atomic E-state index is 6.06. The van der Waals surface area contributed by atoms with Crippen molar-refractivity contribution in [1.29, 1.82) is 0 Å². The van der Waals surface area contributed by atoms with E-state index in [-0.39, 0.29) is 6.04 Å². The molecule has 0 amide bonds. The Hall–Kier alpha value is -1.33. The van der Waals surface area contributed by atoms with Crippen LogP contribution in [0.3, 0.4) is 0 Å². The van der Waals surface area contributed by atoms with Gasteiger partial charge in [-0.3, -0.25) is 0 Å². The van der Waals surface area contributed by atoms with Crippen molar-refractivity contribution in [3.63, 3.8) is 0 Å². The van der Waals surface area contributed by atoms with E-state index in [1.54, 1.807) is 13.2 Å². The van der Waals surface area contributed by atoms with Crippen LogP contribution in [0.15, 0.2) is 34.9 Å². The van der Waals surface area contributed by atoms with Gasteiger partial charge in [-0.05, 0) is 40.5 Å². The standard InChI is InChI=1S/C14H16BrClN4/c1-9(10-5-4-6-11(16)7-10)20(3)13-12(15)8-18-14(17-2)19-13/h4-9H,1-3H3,(H,17,18,19). The lowest BCUT2D eigenvalue weighted by Gasteiger charge is -2.27. The predicted octanol–water partition coefficient (Wildman–Crippen LogP) is 4.13. The maximum absolute atomic E-state index is 6.06. The molecule has 0 aliphatic rings. The third-order valence-corrected chi connectivity index (χ3v) is 3.99. The lowest BCUT2D eigenvalue weighted by molar-refractivity contribution is 0.725. The van der Waals surface area contributed by atoms with Crippen molar-refractivity contribution in [1.82, 2.24) is 9.97 Å². The summed E-state index contributed by atoms with van der Waals surface area (Å²) in [7, 11) is 3.80. The number of halogens is 2. The number of nitrogens with one attached hydrogen (secondary N) is 1. The van der Waals surface area contributed by atoms with E-state index in [0.29, 0.717) is 5.95 Å². The van der Waals surface area contributed by atoms with Gasteiger partial charge in [-0.1, -0.05) is 23.7 Å². The Morgan fingerprint density at radius 2 is 2.15 bits per heavy atom. The molecule has 0 radical (unpaired) electrons. The van der Waals surface area contributed by atoms with E-state index in [2.05, 4.69) is 49.1 Å². The zero-order valence-electron chi connectivity index (χ0n) is 11.6. The molecule has 0 bridgehead atoms. The Labute approximate surface area is 132 Å². The second-order valence-corrected chi connectivity index (χ2v) is 5.75. The summed E-state index contributed by atoms with van der Waals surface area (Å²) in [5.41, 5.74) is 1.14. The zero-order chi connectivity index (χ0) is 14.7. The highest BCUT2D eigenvalue weighted by Gasteiger charge is 2.17. The van der Waals surface area contributed by atoms with Gasteiger partial charge in [-0.25, -0.2) is 4.98 Å². The molecular formula is C14H16BrClN4. The van der Waals surface area contributed by atoms with E-state index < -0.39 is 0 Å². The van der Waals surface area contributed by atoms with Crippen LogP contribution in [-0.2, 0) is 0 Å². The summed E-state index contributed by atoms with van der Waals surface area (Å²) in [4.78, 5) is 10.7. The maximum Gasteiger partial charge on any atom is 0.224 e. The molecule has 2 aromatic rings. The van der Waals surface area contributed by atoms with Crippen LogP contribution in [0.1, 0.15) is 18.5 Å². The molecule has 1 aromatic heterocycles. The van der Waals surface area contributed by atoms with Gasteiger partial charge >= 0.3 is 0 Å². The molecule has 0 aliphatic carbocycles. The normalized spacial score (nSPS) is 12.1. The molecule has 0 aliphatic heterocycles. The molecule has 2 rings (SSSR count). The van der Waals surface area contributed by atoms with E-state index in [1.165, 1.54) is 0 Å². The average molecular weight is 356 g/mol. The Morgan fingerprint density at radius 1 is 1.40 bits per heavy atom. The number of anilines is 2. The largest absolute Gasteiger partial charge is 0.357 e. The SMILES string of the molecule is CNc1ncc(Br)c(N(C)C(C)c2cccc(Cl)c2)n1. The Bertz CT molecular complexity index is 605. The number of aromatic nitrogens is 2. The summed E-state index contributed by atoms with van der Waals surface area (Å²) in [6, 6.07) is 8.00. The van der Waals surface area contributed by atoms with E-state index in [1.807, 2.05) is 25.2 Å². The first-order valence-corrected chi connectivity index (χ1v) is 7.38. The van der Waals surface area contributed by atoms with Crippen LogP contribution >= 0.6 is 27.5 Å². The lowest BCUT2D eigenvalue weighted by atomic mass is 10.1. The Balaban J connectivity index is 2.33. The van der Waals surface area contributed by atoms with E-state index in [0.717, 1.165) is 20.9 Å². The molecule has 0 saturated heterocycles. The van der Waals surface area contributed by atoms with Gasteiger partial charge in [-0.15, -0.1) is 0 Å². The zero-order valence-corrected chi connectivity index (χ0v) is 13.9. The van der Waals surface area contributed by atoms with Crippen molar-refractivity contribution in [3.05, 3.63) is 45.5 Å². The van der Waals surface area contributed by atoms with Crippen LogP contribution in [0.25, 0.3) is 0 Å². The summed E-state index contributed by atoms with van der Waals surface area (Å²) in [6.45, 7) is 2.11. The van der Waals surface area contributed by atoms with E-state index >= 15 is 0 Å². The highest BCUT2D eigenvalue weighted by Crippen LogP contribution is 2.30. The van der Waals surface area contributed by atoms with Crippen LogP contribution in [-0.4, -0.2) is 24.1 Å². The second kappa shape index (κ2) is 6.41. The first-order chi connectivity index (χ1) is 9.52. The molecule has 0 spiro atoms. The molecule has 0 saturated carbocycles. The van der Waals surface area contributed by atoms with Gasteiger partial charge in [0.05, 0.1) is 10.5 Å². The highest BCUT2D eigenvalue weighted by atomic mass is 79.9. The Morgan fingerprint density at radius 3 is 2.80 bits per heavy atom. The third kappa shape index (κ3) is 3.22. The quantitative estimate of drug-likeness (QED) is 0.895. The fourth-order valence-electron chi connectivity index (χ4n) is 1.90. The molecule has 1 N–H and O–H groups in total. The van der Waals surface area contributed by atoms with Crippen LogP contribution < -0.4 is 10.2 Å². The minimum absolute atomic E-state index is 0.143. The van der Waals surface area contributed by atoms with Crippen molar-refractivity contribution in [3.8, 4) is 0 Å².